The summed E-state index contributed by atoms with van der Waals surface area (Å²) in [6, 6.07) is 9.89. The lowest BCUT2D eigenvalue weighted by atomic mass is 10.1. The average Bonchev–Trinajstić information content (AvgIpc) is 3.05. The van der Waals surface area contributed by atoms with Gasteiger partial charge in [0, 0.05) is 36.9 Å². The summed E-state index contributed by atoms with van der Waals surface area (Å²) in [7, 11) is -0.504. The first-order valence-corrected chi connectivity index (χ1v) is 10.1. The molecule has 1 aromatic heterocycles. The van der Waals surface area contributed by atoms with Crippen molar-refractivity contribution in [1.29, 1.82) is 0 Å². The Balaban J connectivity index is 2.25. The van der Waals surface area contributed by atoms with Crippen LogP contribution in [-0.2, 0) is 10.0 Å². The lowest BCUT2D eigenvalue weighted by Gasteiger charge is -2.07. The van der Waals surface area contributed by atoms with Crippen LogP contribution in [0, 0.1) is 10.1 Å². The first kappa shape index (κ1) is 20.5. The quantitative estimate of drug-likeness (QED) is 0.256. The van der Waals surface area contributed by atoms with Gasteiger partial charge >= 0.3 is 0 Å². The van der Waals surface area contributed by atoms with E-state index in [-0.39, 0.29) is 27.0 Å². The molecule has 0 aliphatic heterocycles. The van der Waals surface area contributed by atoms with Crippen LogP contribution in [-0.4, -0.2) is 48.9 Å². The van der Waals surface area contributed by atoms with Crippen LogP contribution < -0.4 is 0 Å². The second-order valence-electron chi connectivity index (χ2n) is 6.21. The SMILES string of the molecule is CN(C)/C=N/N=Cc1cn(S(=O)(=O)c2ccc(Cl)cc2)c2cccc([N+](=O)[O-])c12. The Labute approximate surface area is 171 Å². The Morgan fingerprint density at radius 1 is 1.14 bits per heavy atom. The standard InChI is InChI=1S/C18H16ClN5O4S/c1-22(2)12-21-20-10-13-11-23(16-4-3-5-17(18(13)16)24(25)26)29(27,28)15-8-6-14(19)7-9-15/h3-12H,1-2H3/b20-10?,21-12+. The van der Waals surface area contributed by atoms with E-state index in [1.54, 1.807) is 19.0 Å². The minimum absolute atomic E-state index is 0.000534. The van der Waals surface area contributed by atoms with Crippen LogP contribution >= 0.6 is 11.6 Å². The van der Waals surface area contributed by atoms with Gasteiger partial charge in [-0.1, -0.05) is 17.7 Å². The van der Waals surface area contributed by atoms with E-state index in [0.29, 0.717) is 5.02 Å². The zero-order valence-electron chi connectivity index (χ0n) is 15.4. The summed E-state index contributed by atoms with van der Waals surface area (Å²) < 4.78 is 27.3. The summed E-state index contributed by atoms with van der Waals surface area (Å²) in [6.45, 7) is 0. The number of halogens is 1. The van der Waals surface area contributed by atoms with Crippen molar-refractivity contribution in [2.45, 2.75) is 4.90 Å². The van der Waals surface area contributed by atoms with E-state index in [9.17, 15) is 18.5 Å². The van der Waals surface area contributed by atoms with Gasteiger partial charge in [-0.3, -0.25) is 10.1 Å². The van der Waals surface area contributed by atoms with E-state index in [0.717, 1.165) is 3.97 Å². The predicted octanol–water partition coefficient (Wildman–Crippen LogP) is 3.36. The Hall–Kier alpha value is -3.24. The number of nitrogens with zero attached hydrogens (tertiary/aromatic N) is 5. The van der Waals surface area contributed by atoms with E-state index < -0.39 is 14.9 Å². The highest BCUT2D eigenvalue weighted by Crippen LogP contribution is 2.32. The lowest BCUT2D eigenvalue weighted by Crippen LogP contribution is -2.11. The molecule has 0 spiro atoms. The van der Waals surface area contributed by atoms with Gasteiger partial charge in [0.25, 0.3) is 15.7 Å². The van der Waals surface area contributed by atoms with Gasteiger partial charge in [0.1, 0.15) is 6.34 Å². The minimum atomic E-state index is -4.02. The zero-order chi connectivity index (χ0) is 21.2. The molecule has 11 heteroatoms. The van der Waals surface area contributed by atoms with Crippen molar-refractivity contribution in [3.05, 3.63) is 69.4 Å². The number of rotatable bonds is 6. The van der Waals surface area contributed by atoms with Gasteiger partial charge in [0.05, 0.1) is 26.9 Å². The molecule has 2 aromatic carbocycles. The van der Waals surface area contributed by atoms with Crippen LogP contribution in [0.25, 0.3) is 10.9 Å². The molecule has 150 valence electrons. The van der Waals surface area contributed by atoms with Gasteiger partial charge in [-0.15, -0.1) is 5.10 Å². The first-order valence-electron chi connectivity index (χ1n) is 8.24. The third kappa shape index (κ3) is 4.13. The zero-order valence-corrected chi connectivity index (χ0v) is 17.0. The molecule has 3 rings (SSSR count). The summed E-state index contributed by atoms with van der Waals surface area (Å²) in [5, 5.41) is 19.7. The summed E-state index contributed by atoms with van der Waals surface area (Å²) in [5.74, 6) is 0. The number of hydrogen-bond donors (Lipinski definition) is 0. The van der Waals surface area contributed by atoms with Gasteiger partial charge < -0.3 is 4.90 Å². The fourth-order valence-corrected chi connectivity index (χ4v) is 4.16. The number of non-ortho nitro benzene ring substituents is 1. The molecule has 0 saturated carbocycles. The molecule has 0 aliphatic carbocycles. The smallest absolute Gasteiger partial charge is 0.279 e. The average molecular weight is 434 g/mol. The highest BCUT2D eigenvalue weighted by atomic mass is 35.5. The van der Waals surface area contributed by atoms with Gasteiger partial charge in [0.2, 0.25) is 0 Å². The summed E-state index contributed by atoms with van der Waals surface area (Å²) in [5.41, 5.74) is 0.179. The van der Waals surface area contributed by atoms with E-state index in [4.69, 9.17) is 11.6 Å². The summed E-state index contributed by atoms with van der Waals surface area (Å²) >= 11 is 5.84. The van der Waals surface area contributed by atoms with Crippen molar-refractivity contribution >= 4 is 50.8 Å². The summed E-state index contributed by atoms with van der Waals surface area (Å²) in [4.78, 5) is 12.6. The number of benzene rings is 2. The molecule has 0 aliphatic rings. The fraction of sp³-hybridized carbons (Fsp3) is 0.111. The normalized spacial score (nSPS) is 12.2. The lowest BCUT2D eigenvalue weighted by molar-refractivity contribution is -0.383. The molecule has 9 nitrogen and oxygen atoms in total. The molecule has 0 bridgehead atoms. The molecule has 0 saturated heterocycles. The van der Waals surface area contributed by atoms with Gasteiger partial charge in [0.15, 0.2) is 0 Å². The Morgan fingerprint density at radius 2 is 1.83 bits per heavy atom. The highest BCUT2D eigenvalue weighted by molar-refractivity contribution is 7.90. The van der Waals surface area contributed by atoms with Crippen LogP contribution in [0.3, 0.4) is 0 Å². The van der Waals surface area contributed by atoms with Crippen LogP contribution in [0.1, 0.15) is 5.56 Å². The minimum Gasteiger partial charge on any atom is -0.367 e. The van der Waals surface area contributed by atoms with Crippen LogP contribution in [0.5, 0.6) is 0 Å². The van der Waals surface area contributed by atoms with Crippen LogP contribution in [0.4, 0.5) is 5.69 Å². The van der Waals surface area contributed by atoms with Gasteiger partial charge in [-0.25, -0.2) is 12.4 Å². The van der Waals surface area contributed by atoms with Crippen molar-refractivity contribution in [3.63, 3.8) is 0 Å². The van der Waals surface area contributed by atoms with E-state index in [2.05, 4.69) is 10.2 Å². The Morgan fingerprint density at radius 3 is 2.45 bits per heavy atom. The number of nitro groups is 1. The number of aromatic nitrogens is 1. The predicted molar refractivity (Wildman–Crippen MR) is 112 cm³/mol. The maximum atomic E-state index is 13.1. The van der Waals surface area contributed by atoms with Gasteiger partial charge in [-0.05, 0) is 30.3 Å². The van der Waals surface area contributed by atoms with E-state index >= 15 is 0 Å². The van der Waals surface area contributed by atoms with Crippen LogP contribution in [0.2, 0.25) is 5.02 Å². The maximum absolute atomic E-state index is 13.1. The second kappa shape index (κ2) is 8.02. The third-order valence-corrected chi connectivity index (χ3v) is 5.86. The molecular formula is C18H16ClN5O4S. The highest BCUT2D eigenvalue weighted by Gasteiger charge is 2.25. The molecule has 0 N–H and O–H groups in total. The molecule has 0 fully saturated rings. The third-order valence-electron chi connectivity index (χ3n) is 3.92. The maximum Gasteiger partial charge on any atom is 0.279 e. The summed E-state index contributed by atoms with van der Waals surface area (Å²) in [6.07, 6.45) is 4.01. The Kier molecular flexibility index (Phi) is 5.66. The molecule has 29 heavy (non-hydrogen) atoms. The number of nitro benzene ring substituents is 1. The van der Waals surface area contributed by atoms with Crippen molar-refractivity contribution in [1.82, 2.24) is 8.87 Å². The number of fused-ring (bicyclic) bond motifs is 1. The Bertz CT molecular complexity index is 1230. The molecule has 0 unspecified atom stereocenters. The molecule has 1 heterocycles. The largest absolute Gasteiger partial charge is 0.367 e. The monoisotopic (exact) mass is 433 g/mol. The van der Waals surface area contributed by atoms with Crippen LogP contribution in [0.15, 0.2) is 63.8 Å². The molecular weight excluding hydrogens is 418 g/mol. The van der Waals surface area contributed by atoms with E-state index in [1.807, 2.05) is 0 Å². The second-order valence-corrected chi connectivity index (χ2v) is 8.46. The van der Waals surface area contributed by atoms with Crippen molar-refractivity contribution < 1.29 is 13.3 Å². The molecule has 0 atom stereocenters. The van der Waals surface area contributed by atoms with Crippen molar-refractivity contribution in [2.75, 3.05) is 14.1 Å². The fourth-order valence-electron chi connectivity index (χ4n) is 2.67. The molecule has 0 amide bonds. The topological polar surface area (TPSA) is 110 Å². The number of hydrogen-bond acceptors (Lipinski definition) is 6. The molecule has 3 aromatic rings. The first-order chi connectivity index (χ1) is 13.7. The van der Waals surface area contributed by atoms with Crippen molar-refractivity contribution in [2.24, 2.45) is 10.2 Å². The van der Waals surface area contributed by atoms with E-state index in [1.165, 1.54) is 61.2 Å². The van der Waals surface area contributed by atoms with Crippen molar-refractivity contribution in [3.8, 4) is 0 Å². The van der Waals surface area contributed by atoms with Gasteiger partial charge in [-0.2, -0.15) is 5.10 Å². The molecule has 0 radical (unpaired) electrons.